The van der Waals surface area contributed by atoms with Gasteiger partial charge in [-0.15, -0.1) is 0 Å². The van der Waals surface area contributed by atoms with Crippen molar-refractivity contribution < 1.29 is 13.9 Å². The van der Waals surface area contributed by atoms with Gasteiger partial charge in [0, 0.05) is 5.02 Å². The van der Waals surface area contributed by atoms with E-state index in [0.717, 1.165) is 0 Å². The van der Waals surface area contributed by atoms with Crippen LogP contribution in [0.15, 0.2) is 48.5 Å². The molecule has 0 saturated carbocycles. The first-order valence-electron chi connectivity index (χ1n) is 6.53. The van der Waals surface area contributed by atoms with Crippen molar-refractivity contribution in [2.75, 3.05) is 11.9 Å². The summed E-state index contributed by atoms with van der Waals surface area (Å²) in [6, 6.07) is 12.6. The molecule has 8 heteroatoms. The van der Waals surface area contributed by atoms with Crippen LogP contribution in [0.5, 0.6) is 5.75 Å². The van der Waals surface area contributed by atoms with Crippen LogP contribution < -0.4 is 20.9 Å². The molecule has 0 unspecified atom stereocenters. The Kier molecular flexibility index (Phi) is 6.13. The highest BCUT2D eigenvalue weighted by Crippen LogP contribution is 2.15. The maximum absolute atomic E-state index is 13.4. The van der Waals surface area contributed by atoms with E-state index in [2.05, 4.69) is 16.2 Å². The van der Waals surface area contributed by atoms with Crippen LogP contribution >= 0.6 is 23.8 Å². The number of hydrogen-bond donors (Lipinski definition) is 3. The molecule has 3 N–H and O–H groups in total. The lowest BCUT2D eigenvalue weighted by atomic mass is 10.3. The molecule has 23 heavy (non-hydrogen) atoms. The van der Waals surface area contributed by atoms with Crippen LogP contribution in [0.25, 0.3) is 0 Å². The summed E-state index contributed by atoms with van der Waals surface area (Å²) in [6.45, 7) is -0.211. The Labute approximate surface area is 142 Å². The first-order chi connectivity index (χ1) is 11.0. The molecule has 2 rings (SSSR count). The molecule has 0 bridgehead atoms. The van der Waals surface area contributed by atoms with E-state index in [4.69, 9.17) is 28.6 Å². The molecule has 0 atom stereocenters. The number of hydrazine groups is 1. The number of rotatable bonds is 4. The highest BCUT2D eigenvalue weighted by Gasteiger charge is 2.05. The van der Waals surface area contributed by atoms with Gasteiger partial charge in [0.1, 0.15) is 11.6 Å². The fraction of sp³-hybridized carbons (Fsp3) is 0.0667. The van der Waals surface area contributed by atoms with Gasteiger partial charge in [0.05, 0.1) is 5.69 Å². The quantitative estimate of drug-likeness (QED) is 0.583. The molecule has 120 valence electrons. The molecule has 5 nitrogen and oxygen atoms in total. The van der Waals surface area contributed by atoms with E-state index in [1.807, 2.05) is 0 Å². The summed E-state index contributed by atoms with van der Waals surface area (Å²) in [6.07, 6.45) is 0. The van der Waals surface area contributed by atoms with E-state index in [-0.39, 0.29) is 17.4 Å². The van der Waals surface area contributed by atoms with Crippen molar-refractivity contribution in [2.45, 2.75) is 0 Å². The lowest BCUT2D eigenvalue weighted by Crippen LogP contribution is -2.45. The number of ether oxygens (including phenoxy) is 1. The summed E-state index contributed by atoms with van der Waals surface area (Å²) in [5.74, 6) is -0.386. The number of benzene rings is 2. The zero-order valence-electron chi connectivity index (χ0n) is 11.8. The minimum Gasteiger partial charge on any atom is -0.484 e. The number of carbonyl (C=O) groups excluding carboxylic acids is 1. The standard InChI is InChI=1S/C15H13ClFN3O2S/c16-10-5-7-11(8-6-10)22-9-14(21)19-20-15(23)18-13-4-2-1-3-12(13)17/h1-8H,9H2,(H,19,21)(H2,18,20,23). The van der Waals surface area contributed by atoms with Crippen LogP contribution in [0, 0.1) is 5.82 Å². The Morgan fingerprint density at radius 2 is 1.83 bits per heavy atom. The molecule has 0 aliphatic heterocycles. The van der Waals surface area contributed by atoms with Gasteiger partial charge in [-0.3, -0.25) is 15.6 Å². The monoisotopic (exact) mass is 353 g/mol. The predicted molar refractivity (Wildman–Crippen MR) is 90.8 cm³/mol. The number of nitrogens with one attached hydrogen (secondary N) is 3. The fourth-order valence-corrected chi connectivity index (χ4v) is 1.85. The maximum atomic E-state index is 13.4. The highest BCUT2D eigenvalue weighted by atomic mass is 35.5. The Morgan fingerprint density at radius 1 is 1.13 bits per heavy atom. The largest absolute Gasteiger partial charge is 0.484 e. The Hall–Kier alpha value is -2.38. The van der Waals surface area contributed by atoms with Crippen LogP contribution in [0.2, 0.25) is 5.02 Å². The molecule has 0 heterocycles. The van der Waals surface area contributed by atoms with Gasteiger partial charge < -0.3 is 10.1 Å². The number of halogens is 2. The molecule has 0 saturated heterocycles. The number of thiocarbonyl (C=S) groups is 1. The van der Waals surface area contributed by atoms with Gasteiger partial charge in [0.25, 0.3) is 5.91 Å². The number of para-hydroxylation sites is 1. The van der Waals surface area contributed by atoms with Gasteiger partial charge in [-0.2, -0.15) is 0 Å². The van der Waals surface area contributed by atoms with E-state index in [9.17, 15) is 9.18 Å². The third-order valence-corrected chi connectivity index (χ3v) is 3.08. The second kappa shape index (κ2) is 8.30. The van der Waals surface area contributed by atoms with Crippen molar-refractivity contribution in [3.8, 4) is 5.75 Å². The zero-order chi connectivity index (χ0) is 16.7. The van der Waals surface area contributed by atoms with Crippen molar-refractivity contribution in [1.29, 1.82) is 0 Å². The van der Waals surface area contributed by atoms with E-state index >= 15 is 0 Å². The minimum absolute atomic E-state index is 0.0509. The van der Waals surface area contributed by atoms with Gasteiger partial charge in [0.2, 0.25) is 0 Å². The number of amides is 1. The maximum Gasteiger partial charge on any atom is 0.276 e. The minimum atomic E-state index is -0.450. The summed E-state index contributed by atoms with van der Waals surface area (Å²) in [5.41, 5.74) is 5.00. The molecule has 0 aliphatic carbocycles. The number of carbonyl (C=O) groups is 1. The van der Waals surface area contributed by atoms with Gasteiger partial charge in [-0.25, -0.2) is 4.39 Å². The van der Waals surface area contributed by atoms with E-state index in [1.165, 1.54) is 12.1 Å². The Morgan fingerprint density at radius 3 is 2.52 bits per heavy atom. The first-order valence-corrected chi connectivity index (χ1v) is 7.32. The fourth-order valence-electron chi connectivity index (χ4n) is 1.56. The summed E-state index contributed by atoms with van der Waals surface area (Å²) in [5, 5.41) is 3.25. The van der Waals surface area contributed by atoms with Crippen LogP contribution in [0.3, 0.4) is 0 Å². The average Bonchev–Trinajstić information content (AvgIpc) is 2.54. The van der Waals surface area contributed by atoms with Crippen molar-refractivity contribution in [3.05, 3.63) is 59.4 Å². The summed E-state index contributed by atoms with van der Waals surface area (Å²) in [7, 11) is 0. The van der Waals surface area contributed by atoms with Crippen molar-refractivity contribution >= 4 is 40.5 Å². The van der Waals surface area contributed by atoms with E-state index in [1.54, 1.807) is 36.4 Å². The third-order valence-electron chi connectivity index (χ3n) is 2.62. The highest BCUT2D eigenvalue weighted by molar-refractivity contribution is 7.80. The molecule has 0 aliphatic rings. The molecule has 2 aromatic rings. The molecule has 0 spiro atoms. The van der Waals surface area contributed by atoms with E-state index in [0.29, 0.717) is 10.8 Å². The topological polar surface area (TPSA) is 62.4 Å². The normalized spacial score (nSPS) is 9.83. The van der Waals surface area contributed by atoms with Gasteiger partial charge in [0.15, 0.2) is 11.7 Å². The molecule has 0 aromatic heterocycles. The van der Waals surface area contributed by atoms with Crippen LogP contribution in [-0.4, -0.2) is 17.6 Å². The van der Waals surface area contributed by atoms with E-state index < -0.39 is 11.7 Å². The summed E-state index contributed by atoms with van der Waals surface area (Å²) in [4.78, 5) is 11.6. The number of anilines is 1. The second-order valence-corrected chi connectivity index (χ2v) is 5.19. The summed E-state index contributed by atoms with van der Waals surface area (Å²) < 4.78 is 18.7. The lowest BCUT2D eigenvalue weighted by Gasteiger charge is -2.12. The molecule has 0 radical (unpaired) electrons. The van der Waals surface area contributed by atoms with Crippen molar-refractivity contribution in [1.82, 2.24) is 10.9 Å². The van der Waals surface area contributed by atoms with Crippen LogP contribution in [0.4, 0.5) is 10.1 Å². The average molecular weight is 354 g/mol. The SMILES string of the molecule is O=C(COc1ccc(Cl)cc1)NNC(=S)Nc1ccccc1F. The van der Waals surface area contributed by atoms with Crippen LogP contribution in [-0.2, 0) is 4.79 Å². The lowest BCUT2D eigenvalue weighted by molar-refractivity contribution is -0.123. The first kappa shape index (κ1) is 17.0. The summed E-state index contributed by atoms with van der Waals surface area (Å²) >= 11 is 10.7. The molecule has 2 aromatic carbocycles. The molecule has 0 fully saturated rings. The molecular formula is C15H13ClFN3O2S. The number of hydrogen-bond acceptors (Lipinski definition) is 3. The third kappa shape index (κ3) is 5.72. The van der Waals surface area contributed by atoms with Crippen molar-refractivity contribution in [3.63, 3.8) is 0 Å². The molecular weight excluding hydrogens is 341 g/mol. The predicted octanol–water partition coefficient (Wildman–Crippen LogP) is 2.88. The Balaban J connectivity index is 1.72. The second-order valence-electron chi connectivity index (χ2n) is 4.35. The molecule has 1 amide bonds. The van der Waals surface area contributed by atoms with Gasteiger partial charge in [-0.1, -0.05) is 23.7 Å². The Bertz CT molecular complexity index is 697. The van der Waals surface area contributed by atoms with Crippen LogP contribution in [0.1, 0.15) is 0 Å². The zero-order valence-corrected chi connectivity index (χ0v) is 13.4. The van der Waals surface area contributed by atoms with Gasteiger partial charge >= 0.3 is 0 Å². The van der Waals surface area contributed by atoms with Crippen molar-refractivity contribution in [2.24, 2.45) is 0 Å². The van der Waals surface area contributed by atoms with Gasteiger partial charge in [-0.05, 0) is 48.6 Å². The smallest absolute Gasteiger partial charge is 0.276 e.